The Kier molecular flexibility index (Phi) is 4.57. The fourth-order valence-electron chi connectivity index (χ4n) is 1.50. The Labute approximate surface area is 126 Å². The van der Waals surface area contributed by atoms with E-state index < -0.39 is 0 Å². The van der Waals surface area contributed by atoms with Crippen LogP contribution >= 0.6 is 22.6 Å². The lowest BCUT2D eigenvalue weighted by atomic mass is 10.2. The van der Waals surface area contributed by atoms with Crippen LogP contribution in [0.15, 0.2) is 30.3 Å². The maximum absolute atomic E-state index is 5.77. The van der Waals surface area contributed by atoms with E-state index in [1.807, 2.05) is 31.3 Å². The Morgan fingerprint density at radius 1 is 1.16 bits per heavy atom. The summed E-state index contributed by atoms with van der Waals surface area (Å²) in [4.78, 5) is 8.83. The molecule has 1 N–H and O–H groups in total. The predicted molar refractivity (Wildman–Crippen MR) is 84.9 cm³/mol. The van der Waals surface area contributed by atoms with Crippen molar-refractivity contribution in [3.63, 3.8) is 0 Å². The van der Waals surface area contributed by atoms with Gasteiger partial charge in [-0.25, -0.2) is 4.98 Å². The first-order valence-corrected chi connectivity index (χ1v) is 7.16. The van der Waals surface area contributed by atoms with Gasteiger partial charge >= 0.3 is 0 Å². The lowest BCUT2D eigenvalue weighted by Crippen LogP contribution is -2.03. The third kappa shape index (κ3) is 3.79. The van der Waals surface area contributed by atoms with Gasteiger partial charge in [-0.2, -0.15) is 4.98 Å². The van der Waals surface area contributed by atoms with Crippen molar-refractivity contribution in [3.05, 3.63) is 39.7 Å². The number of hydrogen-bond donors (Lipinski definition) is 1. The van der Waals surface area contributed by atoms with Crippen molar-refractivity contribution in [3.8, 4) is 11.6 Å². The van der Waals surface area contributed by atoms with Gasteiger partial charge in [-0.15, -0.1) is 0 Å². The molecule has 0 atom stereocenters. The van der Waals surface area contributed by atoms with Crippen LogP contribution in [0.5, 0.6) is 11.6 Å². The molecule has 0 radical (unpaired) electrons. The lowest BCUT2D eigenvalue weighted by molar-refractivity contribution is 0.457. The molecule has 0 amide bonds. The second-order valence-corrected chi connectivity index (χ2v) is 5.66. The lowest BCUT2D eigenvalue weighted by Gasteiger charge is -2.10. The molecule has 5 heteroatoms. The van der Waals surface area contributed by atoms with Gasteiger partial charge in [0, 0.05) is 22.6 Å². The van der Waals surface area contributed by atoms with Crippen LogP contribution < -0.4 is 10.1 Å². The first-order chi connectivity index (χ1) is 9.08. The highest BCUT2D eigenvalue weighted by Crippen LogP contribution is 2.24. The molecular formula is C14H16IN3O. The summed E-state index contributed by atoms with van der Waals surface area (Å²) in [5, 5.41) is 3.03. The van der Waals surface area contributed by atoms with E-state index in [1.165, 1.54) is 3.57 Å². The highest BCUT2D eigenvalue weighted by Gasteiger charge is 2.09. The van der Waals surface area contributed by atoms with Gasteiger partial charge in [0.1, 0.15) is 17.4 Å². The first-order valence-electron chi connectivity index (χ1n) is 6.08. The van der Waals surface area contributed by atoms with Gasteiger partial charge < -0.3 is 10.1 Å². The summed E-state index contributed by atoms with van der Waals surface area (Å²) in [7, 11) is 1.83. The molecule has 2 rings (SSSR count). The Bertz CT molecular complexity index is 555. The summed E-state index contributed by atoms with van der Waals surface area (Å²) in [6.07, 6.45) is 0. The molecule has 1 aromatic carbocycles. The zero-order valence-electron chi connectivity index (χ0n) is 11.1. The summed E-state index contributed by atoms with van der Waals surface area (Å²) >= 11 is 2.26. The van der Waals surface area contributed by atoms with Gasteiger partial charge in [0.05, 0.1) is 0 Å². The minimum Gasteiger partial charge on any atom is -0.439 e. The predicted octanol–water partition coefficient (Wildman–Crippen LogP) is 4.04. The number of ether oxygens (including phenoxy) is 1. The van der Waals surface area contributed by atoms with E-state index in [0.29, 0.717) is 5.88 Å². The zero-order valence-corrected chi connectivity index (χ0v) is 13.3. The zero-order chi connectivity index (χ0) is 13.8. The molecule has 0 aliphatic carbocycles. The quantitative estimate of drug-likeness (QED) is 0.827. The largest absolute Gasteiger partial charge is 0.439 e. The molecule has 0 bridgehead atoms. The van der Waals surface area contributed by atoms with E-state index in [-0.39, 0.29) is 5.92 Å². The Morgan fingerprint density at radius 2 is 1.84 bits per heavy atom. The van der Waals surface area contributed by atoms with Crippen LogP contribution in [0.4, 0.5) is 5.82 Å². The average Bonchev–Trinajstić information content (AvgIpc) is 2.41. The molecule has 0 aliphatic heterocycles. The van der Waals surface area contributed by atoms with Crippen molar-refractivity contribution in [2.24, 2.45) is 0 Å². The van der Waals surface area contributed by atoms with Crippen molar-refractivity contribution < 1.29 is 4.74 Å². The van der Waals surface area contributed by atoms with E-state index in [4.69, 9.17) is 4.74 Å². The molecule has 0 aliphatic rings. The van der Waals surface area contributed by atoms with Gasteiger partial charge in [0.15, 0.2) is 0 Å². The Hall–Kier alpha value is -1.37. The number of rotatable bonds is 4. The van der Waals surface area contributed by atoms with E-state index in [2.05, 4.69) is 51.7 Å². The molecular weight excluding hydrogens is 353 g/mol. The Morgan fingerprint density at radius 3 is 2.42 bits per heavy atom. The van der Waals surface area contributed by atoms with Crippen LogP contribution in [0.1, 0.15) is 25.6 Å². The van der Waals surface area contributed by atoms with Crippen LogP contribution in [-0.2, 0) is 0 Å². The number of benzene rings is 1. The Balaban J connectivity index is 2.28. The third-order valence-electron chi connectivity index (χ3n) is 2.53. The topological polar surface area (TPSA) is 47.0 Å². The summed E-state index contributed by atoms with van der Waals surface area (Å²) in [5.41, 5.74) is 0. The molecule has 2 aromatic rings. The first kappa shape index (κ1) is 14.0. The van der Waals surface area contributed by atoms with Gasteiger partial charge in [-0.3, -0.25) is 0 Å². The van der Waals surface area contributed by atoms with Crippen LogP contribution in [0.2, 0.25) is 0 Å². The standard InChI is InChI=1S/C14H16IN3O/c1-9(2)14-17-12(16-3)8-13(18-14)19-11-6-4-10(15)5-7-11/h4-9H,1-3H3,(H,16,17,18). The molecule has 100 valence electrons. The smallest absolute Gasteiger partial charge is 0.224 e. The van der Waals surface area contributed by atoms with Crippen LogP contribution in [0.3, 0.4) is 0 Å². The summed E-state index contributed by atoms with van der Waals surface area (Å²) in [5.74, 6) is 3.12. The molecule has 4 nitrogen and oxygen atoms in total. The minimum absolute atomic E-state index is 0.257. The summed E-state index contributed by atoms with van der Waals surface area (Å²) in [6, 6.07) is 9.65. The number of nitrogens with one attached hydrogen (secondary N) is 1. The van der Waals surface area contributed by atoms with Crippen molar-refractivity contribution in [2.75, 3.05) is 12.4 Å². The molecule has 0 spiro atoms. The monoisotopic (exact) mass is 369 g/mol. The molecule has 0 unspecified atom stereocenters. The van der Waals surface area contributed by atoms with Gasteiger partial charge in [-0.1, -0.05) is 13.8 Å². The van der Waals surface area contributed by atoms with Crippen LogP contribution in [0, 0.1) is 3.57 Å². The van der Waals surface area contributed by atoms with E-state index >= 15 is 0 Å². The van der Waals surface area contributed by atoms with Gasteiger partial charge in [-0.05, 0) is 46.9 Å². The van der Waals surface area contributed by atoms with Crippen LogP contribution in [0.25, 0.3) is 0 Å². The SMILES string of the molecule is CNc1cc(Oc2ccc(I)cc2)nc(C(C)C)n1. The number of hydrogen-bond acceptors (Lipinski definition) is 4. The maximum atomic E-state index is 5.77. The molecule has 1 aromatic heterocycles. The van der Waals surface area contributed by atoms with E-state index in [0.717, 1.165) is 17.4 Å². The maximum Gasteiger partial charge on any atom is 0.224 e. The third-order valence-corrected chi connectivity index (χ3v) is 3.25. The van der Waals surface area contributed by atoms with Crippen molar-refractivity contribution in [1.82, 2.24) is 9.97 Å². The van der Waals surface area contributed by atoms with Crippen molar-refractivity contribution >= 4 is 28.4 Å². The highest BCUT2D eigenvalue weighted by atomic mass is 127. The average molecular weight is 369 g/mol. The van der Waals surface area contributed by atoms with E-state index in [1.54, 1.807) is 6.07 Å². The second kappa shape index (κ2) is 6.18. The summed E-state index contributed by atoms with van der Waals surface area (Å²) in [6.45, 7) is 4.12. The van der Waals surface area contributed by atoms with Crippen molar-refractivity contribution in [2.45, 2.75) is 19.8 Å². The molecule has 1 heterocycles. The highest BCUT2D eigenvalue weighted by molar-refractivity contribution is 14.1. The number of anilines is 1. The van der Waals surface area contributed by atoms with Crippen molar-refractivity contribution in [1.29, 1.82) is 0 Å². The molecule has 0 fully saturated rings. The van der Waals surface area contributed by atoms with Gasteiger partial charge in [0.2, 0.25) is 5.88 Å². The number of aromatic nitrogens is 2. The molecule has 0 saturated carbocycles. The van der Waals surface area contributed by atoms with E-state index in [9.17, 15) is 0 Å². The second-order valence-electron chi connectivity index (χ2n) is 4.41. The fourth-order valence-corrected chi connectivity index (χ4v) is 1.86. The number of halogens is 1. The molecule has 19 heavy (non-hydrogen) atoms. The number of nitrogens with zero attached hydrogens (tertiary/aromatic N) is 2. The molecule has 0 saturated heterocycles. The van der Waals surface area contributed by atoms with Crippen LogP contribution in [-0.4, -0.2) is 17.0 Å². The van der Waals surface area contributed by atoms with Gasteiger partial charge in [0.25, 0.3) is 0 Å². The minimum atomic E-state index is 0.257. The fraction of sp³-hybridized carbons (Fsp3) is 0.286. The normalized spacial score (nSPS) is 10.6. The summed E-state index contributed by atoms with van der Waals surface area (Å²) < 4.78 is 6.94.